The highest BCUT2D eigenvalue weighted by Crippen LogP contribution is 2.45. The number of nitriles is 1. The second kappa shape index (κ2) is 9.24. The molecule has 0 saturated heterocycles. The summed E-state index contributed by atoms with van der Waals surface area (Å²) in [5.41, 5.74) is 2.02. The van der Waals surface area contributed by atoms with Gasteiger partial charge in [-0.3, -0.25) is 9.58 Å². The summed E-state index contributed by atoms with van der Waals surface area (Å²) in [5.74, 6) is 0.384. The van der Waals surface area contributed by atoms with E-state index in [2.05, 4.69) is 26.5 Å². The van der Waals surface area contributed by atoms with Crippen molar-refractivity contribution in [2.24, 2.45) is 0 Å². The van der Waals surface area contributed by atoms with Gasteiger partial charge in [0.05, 0.1) is 35.4 Å². The number of aliphatic hydroxyl groups excluding tert-OH is 1. The summed E-state index contributed by atoms with van der Waals surface area (Å²) in [7, 11) is 0. The van der Waals surface area contributed by atoms with E-state index in [1.807, 2.05) is 37.7 Å². The van der Waals surface area contributed by atoms with Gasteiger partial charge in [-0.2, -0.15) is 10.4 Å². The van der Waals surface area contributed by atoms with Gasteiger partial charge < -0.3 is 15.2 Å². The third-order valence-electron chi connectivity index (χ3n) is 5.96. The zero-order chi connectivity index (χ0) is 26.3. The van der Waals surface area contributed by atoms with Crippen LogP contribution in [0, 0.1) is 11.3 Å². The van der Waals surface area contributed by atoms with E-state index >= 15 is 0 Å². The maximum Gasteiger partial charge on any atom is 0.414 e. The number of aliphatic hydroxyl groups is 1. The van der Waals surface area contributed by atoms with Crippen LogP contribution in [-0.4, -0.2) is 49.7 Å². The first-order valence-electron chi connectivity index (χ1n) is 11.8. The molecular weight excluding hydrogens is 458 g/mol. The fourth-order valence-electron chi connectivity index (χ4n) is 4.13. The number of fused-ring (bicyclic) bond motifs is 1. The minimum Gasteiger partial charge on any atom is -0.443 e. The zero-order valence-electron chi connectivity index (χ0n) is 21.4. The molecule has 188 valence electrons. The molecule has 0 saturated carbocycles. The maximum atomic E-state index is 13.0. The van der Waals surface area contributed by atoms with E-state index in [0.29, 0.717) is 34.0 Å². The normalized spacial score (nSPS) is 17.1. The number of nitrogens with one attached hydrogen (secondary N) is 1. The Morgan fingerprint density at radius 2 is 2.11 bits per heavy atom. The standard InChI is InChI=1S/C26H31N7O3/c1-16(2)33-13-19(12-29-33)30-23-28-8-7-21(31-23)17-9-18(11-27)22-20(10-17)26(6,15-34)14-32(22)24(35)36-25(3,4)5/h7-10,12-13,16,34H,14-15H2,1-6H3,(H,28,30,31). The van der Waals surface area contributed by atoms with E-state index in [4.69, 9.17) is 4.74 Å². The first kappa shape index (κ1) is 25.1. The van der Waals surface area contributed by atoms with E-state index in [-0.39, 0.29) is 19.2 Å². The predicted molar refractivity (Wildman–Crippen MR) is 136 cm³/mol. The lowest BCUT2D eigenvalue weighted by atomic mass is 9.83. The molecule has 1 aromatic carbocycles. The van der Waals surface area contributed by atoms with Crippen LogP contribution in [0.4, 0.5) is 22.1 Å². The van der Waals surface area contributed by atoms with Gasteiger partial charge >= 0.3 is 6.09 Å². The Bertz CT molecular complexity index is 1340. The summed E-state index contributed by atoms with van der Waals surface area (Å²) in [5, 5.41) is 27.8. The van der Waals surface area contributed by atoms with Crippen molar-refractivity contribution in [1.29, 1.82) is 5.26 Å². The number of benzene rings is 1. The molecule has 2 N–H and O–H groups in total. The Kier molecular flexibility index (Phi) is 6.45. The molecule has 36 heavy (non-hydrogen) atoms. The van der Waals surface area contributed by atoms with E-state index in [0.717, 1.165) is 5.69 Å². The lowest BCUT2D eigenvalue weighted by Crippen LogP contribution is -2.40. The van der Waals surface area contributed by atoms with Crippen LogP contribution in [0.2, 0.25) is 0 Å². The molecule has 3 heterocycles. The summed E-state index contributed by atoms with van der Waals surface area (Å²) in [6.07, 6.45) is 4.66. The predicted octanol–water partition coefficient (Wildman–Crippen LogP) is 4.54. The van der Waals surface area contributed by atoms with Crippen molar-refractivity contribution in [3.63, 3.8) is 0 Å². The van der Waals surface area contributed by atoms with Crippen molar-refractivity contribution in [1.82, 2.24) is 19.7 Å². The van der Waals surface area contributed by atoms with Gasteiger partial charge in [-0.15, -0.1) is 0 Å². The molecule has 0 spiro atoms. The first-order chi connectivity index (χ1) is 16.9. The average Bonchev–Trinajstić information content (AvgIpc) is 3.41. The van der Waals surface area contributed by atoms with Crippen LogP contribution in [0.3, 0.4) is 0 Å². The van der Waals surface area contributed by atoms with Gasteiger partial charge in [-0.05, 0) is 58.4 Å². The second-order valence-corrected chi connectivity index (χ2v) is 10.5. The molecule has 1 atom stereocenters. The summed E-state index contributed by atoms with van der Waals surface area (Å²) in [6.45, 7) is 11.3. The minimum absolute atomic E-state index is 0.197. The number of hydrogen-bond donors (Lipinski definition) is 2. The van der Waals surface area contributed by atoms with Gasteiger partial charge in [0.2, 0.25) is 5.95 Å². The Morgan fingerprint density at radius 3 is 2.72 bits per heavy atom. The molecule has 1 aliphatic rings. The zero-order valence-corrected chi connectivity index (χ0v) is 21.4. The van der Waals surface area contributed by atoms with Crippen molar-refractivity contribution in [2.45, 2.75) is 58.6 Å². The average molecular weight is 490 g/mol. The highest BCUT2D eigenvalue weighted by Gasteiger charge is 2.44. The molecule has 10 nitrogen and oxygen atoms in total. The number of carbonyl (C=O) groups excluding carboxylic acids is 1. The summed E-state index contributed by atoms with van der Waals surface area (Å²) < 4.78 is 7.41. The van der Waals surface area contributed by atoms with Crippen LogP contribution < -0.4 is 10.2 Å². The molecule has 0 fully saturated rings. The lowest BCUT2D eigenvalue weighted by molar-refractivity contribution is 0.0575. The molecular formula is C26H31N7O3. The van der Waals surface area contributed by atoms with Crippen molar-refractivity contribution in [3.05, 3.63) is 47.9 Å². The third-order valence-corrected chi connectivity index (χ3v) is 5.96. The molecule has 1 amide bonds. The number of rotatable bonds is 5. The monoisotopic (exact) mass is 489 g/mol. The fourth-order valence-corrected chi connectivity index (χ4v) is 4.13. The van der Waals surface area contributed by atoms with Crippen LogP contribution in [-0.2, 0) is 10.2 Å². The molecule has 0 radical (unpaired) electrons. The molecule has 1 aliphatic heterocycles. The Hall–Kier alpha value is -3.97. The number of aromatic nitrogens is 4. The lowest BCUT2D eigenvalue weighted by Gasteiger charge is -2.26. The molecule has 2 aromatic heterocycles. The Balaban J connectivity index is 1.73. The van der Waals surface area contributed by atoms with Gasteiger partial charge in [0.1, 0.15) is 11.7 Å². The highest BCUT2D eigenvalue weighted by molar-refractivity contribution is 5.95. The molecule has 4 rings (SSSR count). The topological polar surface area (TPSA) is 129 Å². The minimum atomic E-state index is -0.770. The van der Waals surface area contributed by atoms with Gasteiger partial charge in [0.15, 0.2) is 0 Å². The number of carbonyl (C=O) groups is 1. The third kappa shape index (κ3) is 4.88. The van der Waals surface area contributed by atoms with Crippen LogP contribution >= 0.6 is 0 Å². The first-order valence-corrected chi connectivity index (χ1v) is 11.8. The maximum absolute atomic E-state index is 13.0. The quantitative estimate of drug-likeness (QED) is 0.534. The van der Waals surface area contributed by atoms with Crippen LogP contribution in [0.5, 0.6) is 0 Å². The van der Waals surface area contributed by atoms with Gasteiger partial charge in [-0.1, -0.05) is 6.92 Å². The summed E-state index contributed by atoms with van der Waals surface area (Å²) in [4.78, 5) is 23.4. The van der Waals surface area contributed by atoms with Crippen molar-refractivity contribution >= 4 is 23.4 Å². The largest absolute Gasteiger partial charge is 0.443 e. The molecule has 10 heteroatoms. The SMILES string of the molecule is CC(C)n1cc(Nc2nccc(-c3cc(C#N)c4c(c3)C(C)(CO)CN4C(=O)OC(C)(C)C)n2)cn1. The molecule has 0 bridgehead atoms. The van der Waals surface area contributed by atoms with E-state index in [1.165, 1.54) is 4.90 Å². The summed E-state index contributed by atoms with van der Waals surface area (Å²) in [6, 6.07) is 7.76. The molecule has 1 unspecified atom stereocenters. The Labute approximate surface area is 210 Å². The second-order valence-electron chi connectivity index (χ2n) is 10.5. The van der Waals surface area contributed by atoms with Crippen LogP contribution in [0.25, 0.3) is 11.3 Å². The molecule has 3 aromatic rings. The highest BCUT2D eigenvalue weighted by atomic mass is 16.6. The number of anilines is 3. The van der Waals surface area contributed by atoms with E-state index in [1.54, 1.807) is 45.3 Å². The van der Waals surface area contributed by atoms with Crippen LogP contribution in [0.1, 0.15) is 58.7 Å². The van der Waals surface area contributed by atoms with Crippen molar-refractivity contribution < 1.29 is 14.6 Å². The Morgan fingerprint density at radius 1 is 1.36 bits per heavy atom. The van der Waals surface area contributed by atoms with Gasteiger partial charge in [0.25, 0.3) is 0 Å². The van der Waals surface area contributed by atoms with Crippen molar-refractivity contribution in [3.8, 4) is 17.3 Å². The number of ether oxygens (including phenoxy) is 1. The smallest absolute Gasteiger partial charge is 0.414 e. The number of hydrogen-bond acceptors (Lipinski definition) is 8. The van der Waals surface area contributed by atoms with Crippen molar-refractivity contribution in [2.75, 3.05) is 23.4 Å². The fraction of sp³-hybridized carbons (Fsp3) is 0.423. The molecule has 0 aliphatic carbocycles. The van der Waals surface area contributed by atoms with Gasteiger partial charge in [-0.25, -0.2) is 14.8 Å². The number of amides is 1. The van der Waals surface area contributed by atoms with E-state index in [9.17, 15) is 15.2 Å². The van der Waals surface area contributed by atoms with Crippen LogP contribution in [0.15, 0.2) is 36.8 Å². The summed E-state index contributed by atoms with van der Waals surface area (Å²) >= 11 is 0. The van der Waals surface area contributed by atoms with Gasteiger partial charge in [0, 0.05) is 36.0 Å². The van der Waals surface area contributed by atoms with E-state index < -0.39 is 17.1 Å². The number of nitrogens with zero attached hydrogens (tertiary/aromatic N) is 6.